The molecule has 6 heteroatoms. The first kappa shape index (κ1) is 19.4. The van der Waals surface area contributed by atoms with Crippen molar-refractivity contribution in [2.45, 2.75) is 58.1 Å². The van der Waals surface area contributed by atoms with Crippen LogP contribution < -0.4 is 4.72 Å². The van der Waals surface area contributed by atoms with E-state index in [1.54, 1.807) is 0 Å². The van der Waals surface area contributed by atoms with E-state index in [9.17, 15) is 8.42 Å². The minimum absolute atomic E-state index is 0.0195. The van der Waals surface area contributed by atoms with Gasteiger partial charge in [0.05, 0.1) is 18.0 Å². The second-order valence-corrected chi connectivity index (χ2v) is 9.29. The summed E-state index contributed by atoms with van der Waals surface area (Å²) in [6.07, 6.45) is 0.327. The number of aryl methyl sites for hydroxylation is 1. The maximum Gasteiger partial charge on any atom is 0.215 e. The van der Waals surface area contributed by atoms with Gasteiger partial charge in [0.25, 0.3) is 0 Å². The topological polar surface area (TPSA) is 58.6 Å². The molecule has 0 aromatic heterocycles. The lowest BCUT2D eigenvalue weighted by molar-refractivity contribution is -0.0945. The van der Waals surface area contributed by atoms with Crippen LogP contribution in [0.2, 0.25) is 0 Å². The predicted molar refractivity (Wildman–Crippen MR) is 97.5 cm³/mol. The number of nitrogens with zero attached hydrogens (tertiary/aromatic N) is 1. The van der Waals surface area contributed by atoms with Gasteiger partial charge in [0, 0.05) is 25.2 Å². The maximum atomic E-state index is 12.5. The van der Waals surface area contributed by atoms with Crippen molar-refractivity contribution in [1.82, 2.24) is 9.62 Å². The summed E-state index contributed by atoms with van der Waals surface area (Å²) in [7, 11) is -3.36. The van der Waals surface area contributed by atoms with E-state index >= 15 is 0 Å². The van der Waals surface area contributed by atoms with Crippen molar-refractivity contribution >= 4 is 10.0 Å². The largest absolute Gasteiger partial charge is 0.373 e. The fraction of sp³-hybridized carbons (Fsp3) is 0.667. The fourth-order valence-electron chi connectivity index (χ4n) is 3.10. The third-order valence-corrected chi connectivity index (χ3v) is 5.88. The molecule has 1 fully saturated rings. The lowest BCUT2D eigenvalue weighted by atomic mass is 10.0. The molecule has 1 heterocycles. The zero-order valence-corrected chi connectivity index (χ0v) is 16.2. The molecule has 0 spiro atoms. The lowest BCUT2D eigenvalue weighted by Gasteiger charge is -2.45. The highest BCUT2D eigenvalue weighted by atomic mass is 32.2. The maximum absolute atomic E-state index is 12.5. The monoisotopic (exact) mass is 354 g/mol. The molecule has 1 N–H and O–H groups in total. The first-order valence-electron chi connectivity index (χ1n) is 8.51. The first-order valence-corrected chi connectivity index (χ1v) is 10.2. The van der Waals surface area contributed by atoms with E-state index in [-0.39, 0.29) is 23.5 Å². The Morgan fingerprint density at radius 3 is 2.38 bits per heavy atom. The predicted octanol–water partition coefficient (Wildman–Crippen LogP) is 2.30. The van der Waals surface area contributed by atoms with Crippen molar-refractivity contribution in [3.63, 3.8) is 0 Å². The van der Waals surface area contributed by atoms with Crippen LogP contribution >= 0.6 is 0 Å². The molecule has 0 radical (unpaired) electrons. The summed E-state index contributed by atoms with van der Waals surface area (Å²) in [6.45, 7) is 12.2. The fourth-order valence-corrected chi connectivity index (χ4v) is 4.51. The summed E-state index contributed by atoms with van der Waals surface area (Å²) in [6, 6.07) is 7.59. The summed E-state index contributed by atoms with van der Waals surface area (Å²) < 4.78 is 33.5. The van der Waals surface area contributed by atoms with Crippen molar-refractivity contribution < 1.29 is 13.2 Å². The molecule has 1 aromatic rings. The highest BCUT2D eigenvalue weighted by Crippen LogP contribution is 2.21. The molecule has 0 bridgehead atoms. The van der Waals surface area contributed by atoms with Gasteiger partial charge < -0.3 is 4.74 Å². The Kier molecular flexibility index (Phi) is 6.07. The van der Waals surface area contributed by atoms with E-state index in [0.717, 1.165) is 24.2 Å². The molecular formula is C18H30N2O3S. The normalized spacial score (nSPS) is 23.4. The number of ether oxygens (including phenoxy) is 1. The average Bonchev–Trinajstić information content (AvgIpc) is 2.47. The van der Waals surface area contributed by atoms with Crippen molar-refractivity contribution in [1.29, 1.82) is 0 Å². The number of sulfonamides is 1. The number of morpholine rings is 1. The van der Waals surface area contributed by atoms with Gasteiger partial charge in [-0.3, -0.25) is 4.90 Å². The molecule has 2 rings (SSSR count). The molecule has 1 aliphatic rings. The van der Waals surface area contributed by atoms with Gasteiger partial charge in [0.2, 0.25) is 10.0 Å². The van der Waals surface area contributed by atoms with Crippen LogP contribution in [0.5, 0.6) is 0 Å². The summed E-state index contributed by atoms with van der Waals surface area (Å²) in [5.74, 6) is 0.0195. The standard InChI is InChI=1S/C18H30N2O3S/c1-14-8-6-7-9-17(14)12-24(21,22)19-13-18(4,5)20-10-15(2)23-16(3)11-20/h6-9,15-16,19H,10-13H2,1-5H3. The molecule has 5 nitrogen and oxygen atoms in total. The Morgan fingerprint density at radius 2 is 1.79 bits per heavy atom. The number of nitrogens with one attached hydrogen (secondary N) is 1. The number of hydrogen-bond acceptors (Lipinski definition) is 4. The minimum Gasteiger partial charge on any atom is -0.373 e. The van der Waals surface area contributed by atoms with E-state index in [4.69, 9.17) is 4.74 Å². The summed E-state index contributed by atoms with van der Waals surface area (Å²) in [4.78, 5) is 2.31. The van der Waals surface area contributed by atoms with Crippen molar-refractivity contribution in [2.24, 2.45) is 0 Å². The molecule has 2 atom stereocenters. The van der Waals surface area contributed by atoms with Gasteiger partial charge in [-0.2, -0.15) is 0 Å². The summed E-state index contributed by atoms with van der Waals surface area (Å²) >= 11 is 0. The van der Waals surface area contributed by atoms with Crippen LogP contribution in [0.25, 0.3) is 0 Å². The van der Waals surface area contributed by atoms with Gasteiger partial charge in [-0.25, -0.2) is 13.1 Å². The quantitative estimate of drug-likeness (QED) is 0.852. The highest BCUT2D eigenvalue weighted by molar-refractivity contribution is 7.88. The van der Waals surface area contributed by atoms with Crippen molar-refractivity contribution in [2.75, 3.05) is 19.6 Å². The van der Waals surface area contributed by atoms with Gasteiger partial charge in [-0.05, 0) is 45.7 Å². The second-order valence-electron chi connectivity index (χ2n) is 7.48. The molecule has 0 saturated carbocycles. The van der Waals surface area contributed by atoms with Gasteiger partial charge in [0.1, 0.15) is 0 Å². The molecular weight excluding hydrogens is 324 g/mol. The van der Waals surface area contributed by atoms with Crippen LogP contribution in [-0.2, 0) is 20.5 Å². The minimum atomic E-state index is -3.36. The molecule has 1 saturated heterocycles. The SMILES string of the molecule is Cc1ccccc1CS(=O)(=O)NCC(C)(C)N1CC(C)OC(C)C1. The lowest BCUT2D eigenvalue weighted by Crippen LogP contribution is -2.58. The average molecular weight is 355 g/mol. The van der Waals surface area contributed by atoms with Gasteiger partial charge in [0.15, 0.2) is 0 Å². The van der Waals surface area contributed by atoms with Crippen LogP contribution in [0.1, 0.15) is 38.8 Å². The van der Waals surface area contributed by atoms with Crippen LogP contribution in [0.15, 0.2) is 24.3 Å². The van der Waals surface area contributed by atoms with Gasteiger partial charge in [-0.15, -0.1) is 0 Å². The molecule has 0 amide bonds. The molecule has 1 aromatic carbocycles. The van der Waals surface area contributed by atoms with Crippen LogP contribution in [0, 0.1) is 6.92 Å². The number of hydrogen-bond donors (Lipinski definition) is 1. The van der Waals surface area contributed by atoms with Crippen LogP contribution in [-0.4, -0.2) is 50.7 Å². The Labute approximate surface area is 146 Å². The number of rotatable bonds is 6. The second kappa shape index (κ2) is 7.52. The zero-order chi connectivity index (χ0) is 18.0. The van der Waals surface area contributed by atoms with E-state index in [0.29, 0.717) is 6.54 Å². The highest BCUT2D eigenvalue weighted by Gasteiger charge is 2.34. The molecule has 2 unspecified atom stereocenters. The van der Waals surface area contributed by atoms with E-state index in [1.807, 2.05) is 31.2 Å². The van der Waals surface area contributed by atoms with Crippen LogP contribution in [0.3, 0.4) is 0 Å². The Bertz CT molecular complexity index is 648. The summed E-state index contributed by atoms with van der Waals surface area (Å²) in [5, 5.41) is 0. The Hall–Kier alpha value is -0.950. The zero-order valence-electron chi connectivity index (χ0n) is 15.4. The van der Waals surface area contributed by atoms with Crippen LogP contribution in [0.4, 0.5) is 0 Å². The summed E-state index contributed by atoms with van der Waals surface area (Å²) in [5.41, 5.74) is 1.58. The van der Waals surface area contributed by atoms with E-state index in [2.05, 4.69) is 37.3 Å². The van der Waals surface area contributed by atoms with Gasteiger partial charge in [-0.1, -0.05) is 24.3 Å². The molecule has 24 heavy (non-hydrogen) atoms. The van der Waals surface area contributed by atoms with Crippen molar-refractivity contribution in [3.05, 3.63) is 35.4 Å². The molecule has 0 aliphatic carbocycles. The molecule has 1 aliphatic heterocycles. The third-order valence-electron chi connectivity index (χ3n) is 4.61. The van der Waals surface area contributed by atoms with Crippen molar-refractivity contribution in [3.8, 4) is 0 Å². The smallest absolute Gasteiger partial charge is 0.215 e. The van der Waals surface area contributed by atoms with E-state index in [1.165, 1.54) is 0 Å². The Morgan fingerprint density at radius 1 is 1.21 bits per heavy atom. The van der Waals surface area contributed by atoms with Gasteiger partial charge >= 0.3 is 0 Å². The third kappa shape index (κ3) is 5.28. The first-order chi connectivity index (χ1) is 11.1. The number of benzene rings is 1. The molecule has 136 valence electrons. The Balaban J connectivity index is 1.98. The van der Waals surface area contributed by atoms with E-state index < -0.39 is 10.0 Å².